The highest BCUT2D eigenvalue weighted by Gasteiger charge is 2.12. The number of nitrogens with zero attached hydrogens (tertiary/aromatic N) is 1. The Balaban J connectivity index is 2.13. The van der Waals surface area contributed by atoms with Gasteiger partial charge in [-0.25, -0.2) is 4.98 Å². The minimum absolute atomic E-state index is 0.277. The van der Waals surface area contributed by atoms with Gasteiger partial charge >= 0.3 is 0 Å². The van der Waals surface area contributed by atoms with Crippen LogP contribution in [0.2, 0.25) is 0 Å². The highest BCUT2D eigenvalue weighted by atomic mass is 79.9. The molecule has 2 rings (SSSR count). The second-order valence-corrected chi connectivity index (χ2v) is 6.45. The summed E-state index contributed by atoms with van der Waals surface area (Å²) in [5.74, 6) is 0. The summed E-state index contributed by atoms with van der Waals surface area (Å²) in [6.07, 6.45) is 1.82. The Morgan fingerprint density at radius 2 is 2.12 bits per heavy atom. The molecule has 16 heavy (non-hydrogen) atoms. The van der Waals surface area contributed by atoms with Gasteiger partial charge in [0.1, 0.15) is 4.34 Å². The van der Waals surface area contributed by atoms with Gasteiger partial charge in [-0.2, -0.15) is 0 Å². The molecule has 1 heterocycles. The third-order valence-electron chi connectivity index (χ3n) is 2.11. The van der Waals surface area contributed by atoms with Crippen molar-refractivity contribution in [2.24, 2.45) is 5.73 Å². The van der Waals surface area contributed by atoms with E-state index in [0.29, 0.717) is 6.54 Å². The van der Waals surface area contributed by atoms with Crippen molar-refractivity contribution >= 4 is 39.0 Å². The average Bonchev–Trinajstić information content (AvgIpc) is 2.80. The Bertz CT molecular complexity index is 428. The third kappa shape index (κ3) is 3.07. The van der Waals surface area contributed by atoms with E-state index in [9.17, 15) is 0 Å². The predicted molar refractivity (Wildman–Crippen MR) is 73.9 cm³/mol. The van der Waals surface area contributed by atoms with Gasteiger partial charge in [0.25, 0.3) is 0 Å². The maximum atomic E-state index is 5.80. The molecule has 1 unspecified atom stereocenters. The summed E-state index contributed by atoms with van der Waals surface area (Å²) in [4.78, 5) is 4.26. The van der Waals surface area contributed by atoms with Crippen LogP contribution in [0.15, 0.2) is 44.7 Å². The van der Waals surface area contributed by atoms with Crippen LogP contribution in [-0.2, 0) is 0 Å². The van der Waals surface area contributed by atoms with Crippen LogP contribution in [-0.4, -0.2) is 11.5 Å². The lowest BCUT2D eigenvalue weighted by atomic mass is 10.1. The van der Waals surface area contributed by atoms with Crippen LogP contribution >= 0.6 is 39.0 Å². The first kappa shape index (κ1) is 12.1. The summed E-state index contributed by atoms with van der Waals surface area (Å²) >= 11 is 6.80. The zero-order valence-corrected chi connectivity index (χ0v) is 11.7. The molecule has 0 saturated heterocycles. The Morgan fingerprint density at radius 1 is 1.38 bits per heavy atom. The number of benzene rings is 1. The first-order valence-electron chi connectivity index (χ1n) is 4.81. The molecule has 0 spiro atoms. The largest absolute Gasteiger partial charge is 0.329 e. The van der Waals surface area contributed by atoms with E-state index in [-0.39, 0.29) is 5.25 Å². The number of rotatable bonds is 4. The molecule has 84 valence electrons. The minimum atomic E-state index is 0.277. The quantitative estimate of drug-likeness (QED) is 0.875. The summed E-state index contributed by atoms with van der Waals surface area (Å²) in [6.45, 7) is 0.617. The fraction of sp³-hybridized carbons (Fsp3) is 0.182. The van der Waals surface area contributed by atoms with Crippen molar-refractivity contribution in [3.63, 3.8) is 0 Å². The van der Waals surface area contributed by atoms with E-state index in [0.717, 1.165) is 8.81 Å². The Labute approximate surface area is 111 Å². The van der Waals surface area contributed by atoms with E-state index in [2.05, 4.69) is 33.0 Å². The first-order chi connectivity index (χ1) is 7.79. The molecule has 0 amide bonds. The molecule has 2 aromatic rings. The molecule has 0 radical (unpaired) electrons. The SMILES string of the molecule is NCC(Sc1nccs1)c1ccc(Br)cc1. The van der Waals surface area contributed by atoms with Gasteiger partial charge in [0.2, 0.25) is 0 Å². The van der Waals surface area contributed by atoms with Crippen molar-refractivity contribution in [1.29, 1.82) is 0 Å². The Kier molecular flexibility index (Phi) is 4.40. The van der Waals surface area contributed by atoms with Gasteiger partial charge in [-0.05, 0) is 17.7 Å². The van der Waals surface area contributed by atoms with E-state index in [4.69, 9.17) is 5.73 Å². The molecular formula is C11H11BrN2S2. The highest BCUT2D eigenvalue weighted by Crippen LogP contribution is 2.35. The van der Waals surface area contributed by atoms with Crippen molar-refractivity contribution in [3.8, 4) is 0 Å². The lowest BCUT2D eigenvalue weighted by Gasteiger charge is -2.12. The summed E-state index contributed by atoms with van der Waals surface area (Å²) < 4.78 is 2.16. The second-order valence-electron chi connectivity index (χ2n) is 3.19. The van der Waals surface area contributed by atoms with Crippen LogP contribution in [0.3, 0.4) is 0 Å². The minimum Gasteiger partial charge on any atom is -0.329 e. The molecule has 5 heteroatoms. The number of nitrogens with two attached hydrogens (primary N) is 1. The lowest BCUT2D eigenvalue weighted by molar-refractivity contribution is 0.939. The van der Waals surface area contributed by atoms with Gasteiger partial charge in [0.15, 0.2) is 0 Å². The summed E-state index contributed by atoms with van der Waals surface area (Å²) in [5, 5.41) is 2.26. The van der Waals surface area contributed by atoms with Crippen LogP contribution < -0.4 is 5.73 Å². The molecule has 2 nitrogen and oxygen atoms in total. The zero-order chi connectivity index (χ0) is 11.4. The van der Waals surface area contributed by atoms with Gasteiger partial charge in [-0.3, -0.25) is 0 Å². The number of hydrogen-bond acceptors (Lipinski definition) is 4. The maximum absolute atomic E-state index is 5.80. The molecule has 1 atom stereocenters. The zero-order valence-electron chi connectivity index (χ0n) is 8.47. The Morgan fingerprint density at radius 3 is 2.69 bits per heavy atom. The van der Waals surface area contributed by atoms with E-state index < -0.39 is 0 Å². The van der Waals surface area contributed by atoms with Gasteiger partial charge in [-0.1, -0.05) is 39.8 Å². The Hall–Kier alpha value is -0.360. The van der Waals surface area contributed by atoms with Crippen molar-refractivity contribution < 1.29 is 0 Å². The van der Waals surface area contributed by atoms with Crippen LogP contribution in [0.4, 0.5) is 0 Å². The summed E-state index contributed by atoms with van der Waals surface area (Å²) in [5.41, 5.74) is 7.05. The smallest absolute Gasteiger partial charge is 0.150 e. The van der Waals surface area contributed by atoms with Crippen molar-refractivity contribution in [2.75, 3.05) is 6.54 Å². The van der Waals surface area contributed by atoms with Gasteiger partial charge in [0.05, 0.1) is 0 Å². The molecule has 1 aromatic carbocycles. The molecule has 0 bridgehead atoms. The normalized spacial score (nSPS) is 12.6. The number of thioether (sulfide) groups is 1. The molecular weight excluding hydrogens is 304 g/mol. The van der Waals surface area contributed by atoms with E-state index in [1.54, 1.807) is 23.1 Å². The monoisotopic (exact) mass is 314 g/mol. The fourth-order valence-electron chi connectivity index (χ4n) is 1.32. The maximum Gasteiger partial charge on any atom is 0.150 e. The molecule has 0 aliphatic heterocycles. The van der Waals surface area contributed by atoms with E-state index >= 15 is 0 Å². The van der Waals surface area contributed by atoms with Crippen LogP contribution in [0.25, 0.3) is 0 Å². The lowest BCUT2D eigenvalue weighted by Crippen LogP contribution is -2.09. The van der Waals surface area contributed by atoms with Crippen LogP contribution in [0, 0.1) is 0 Å². The van der Waals surface area contributed by atoms with Crippen molar-refractivity contribution in [2.45, 2.75) is 9.59 Å². The fourth-order valence-corrected chi connectivity index (χ4v) is 3.44. The number of halogens is 1. The van der Waals surface area contributed by atoms with Crippen LogP contribution in [0.5, 0.6) is 0 Å². The van der Waals surface area contributed by atoms with Gasteiger partial charge in [0, 0.05) is 27.8 Å². The van der Waals surface area contributed by atoms with Crippen LogP contribution in [0.1, 0.15) is 10.8 Å². The molecule has 1 aromatic heterocycles. The van der Waals surface area contributed by atoms with Crippen molar-refractivity contribution in [3.05, 3.63) is 45.9 Å². The molecule has 0 aliphatic rings. The van der Waals surface area contributed by atoms with Gasteiger partial charge < -0.3 is 5.73 Å². The summed E-state index contributed by atoms with van der Waals surface area (Å²) in [6, 6.07) is 8.28. The highest BCUT2D eigenvalue weighted by molar-refractivity contribution is 9.10. The number of thiazole rings is 1. The molecule has 2 N–H and O–H groups in total. The number of hydrogen-bond donors (Lipinski definition) is 1. The average molecular weight is 315 g/mol. The topological polar surface area (TPSA) is 38.9 Å². The van der Waals surface area contributed by atoms with Gasteiger partial charge in [-0.15, -0.1) is 11.3 Å². The van der Waals surface area contributed by atoms with E-state index in [1.165, 1.54) is 5.56 Å². The first-order valence-corrected chi connectivity index (χ1v) is 7.36. The standard InChI is InChI=1S/C11H11BrN2S2/c12-9-3-1-8(2-4-9)10(7-13)16-11-14-5-6-15-11/h1-6,10H,7,13H2. The number of aromatic nitrogens is 1. The molecule has 0 fully saturated rings. The third-order valence-corrected chi connectivity index (χ3v) is 4.84. The molecule has 0 saturated carbocycles. The summed E-state index contributed by atoms with van der Waals surface area (Å²) in [7, 11) is 0. The second kappa shape index (κ2) is 5.82. The van der Waals surface area contributed by atoms with Crippen molar-refractivity contribution in [1.82, 2.24) is 4.98 Å². The van der Waals surface area contributed by atoms with E-state index in [1.807, 2.05) is 23.7 Å². The molecule has 0 aliphatic carbocycles. The predicted octanol–water partition coefficient (Wildman–Crippen LogP) is 3.70.